The van der Waals surface area contributed by atoms with Crippen molar-refractivity contribution in [1.82, 2.24) is 5.06 Å². The topological polar surface area (TPSA) is 90.6 Å². The van der Waals surface area contributed by atoms with Gasteiger partial charge in [0.1, 0.15) is 11.9 Å². The van der Waals surface area contributed by atoms with E-state index in [1.165, 1.54) is 12.1 Å². The summed E-state index contributed by atoms with van der Waals surface area (Å²) in [4.78, 5) is 29.1. The number of carboxylic acid groups (broad SMARTS) is 1. The van der Waals surface area contributed by atoms with E-state index >= 15 is 0 Å². The summed E-state index contributed by atoms with van der Waals surface area (Å²) >= 11 is 0. The van der Waals surface area contributed by atoms with Crippen LogP contribution in [0.5, 0.6) is 0 Å². The molecule has 25 heavy (non-hydrogen) atoms. The van der Waals surface area contributed by atoms with Crippen LogP contribution in [0.1, 0.15) is 52.2 Å². The van der Waals surface area contributed by atoms with Gasteiger partial charge in [-0.2, -0.15) is 5.26 Å². The molecule has 0 saturated heterocycles. The molecule has 0 spiro atoms. The van der Waals surface area contributed by atoms with Crippen molar-refractivity contribution in [2.45, 2.75) is 53.1 Å². The van der Waals surface area contributed by atoms with Gasteiger partial charge < -0.3 is 5.11 Å². The number of amides is 2. The number of hydrogen-bond donors (Lipinski definition) is 1. The minimum atomic E-state index is -1.54. The molecule has 0 fully saturated rings. The quantitative estimate of drug-likeness (QED) is 0.814. The highest BCUT2D eigenvalue weighted by molar-refractivity contribution is 5.90. The van der Waals surface area contributed by atoms with E-state index in [-0.39, 0.29) is 23.0 Å². The number of carbonyl (C=O) groups excluding carboxylic acids is 1. The number of hydroxylamine groups is 2. The first-order chi connectivity index (χ1) is 11.3. The van der Waals surface area contributed by atoms with E-state index in [1.54, 1.807) is 19.9 Å². The molecule has 0 aliphatic carbocycles. The van der Waals surface area contributed by atoms with Gasteiger partial charge in [-0.25, -0.2) is 9.18 Å². The van der Waals surface area contributed by atoms with Crippen molar-refractivity contribution in [3.8, 4) is 6.07 Å². The van der Waals surface area contributed by atoms with Crippen LogP contribution in [0, 0.1) is 22.6 Å². The molecule has 0 bridgehead atoms. The Morgan fingerprint density at radius 2 is 1.88 bits per heavy atom. The van der Waals surface area contributed by atoms with E-state index in [0.29, 0.717) is 11.5 Å². The number of nitrogens with zero attached hydrogens (tertiary/aromatic N) is 2. The third-order valence-electron chi connectivity index (χ3n) is 3.20. The Morgan fingerprint density at radius 1 is 1.28 bits per heavy atom. The number of nitriles is 1. The lowest BCUT2D eigenvalue weighted by Crippen LogP contribution is -2.45. The van der Waals surface area contributed by atoms with Crippen LogP contribution in [-0.4, -0.2) is 27.8 Å². The molecule has 0 atom stereocenters. The smallest absolute Gasteiger partial charge is 0.439 e. The molecule has 1 aromatic rings. The van der Waals surface area contributed by atoms with E-state index in [9.17, 15) is 19.1 Å². The van der Waals surface area contributed by atoms with Crippen LogP contribution < -0.4 is 0 Å². The molecule has 7 heteroatoms. The molecule has 0 saturated carbocycles. The second kappa shape index (κ2) is 7.62. The lowest BCUT2D eigenvalue weighted by Gasteiger charge is -2.34. The molecule has 1 N–H and O–H groups in total. The molecular formula is C18H23FN2O4. The van der Waals surface area contributed by atoms with Gasteiger partial charge in [0.05, 0.1) is 17.6 Å². The zero-order chi connectivity index (χ0) is 19.4. The number of hydrogen-bond acceptors (Lipinski definition) is 4. The fraction of sp³-hybridized carbons (Fsp3) is 0.500. The SMILES string of the molecule is CC(C)(C)CC(C)(C)ON(C(=O)O)C(=O)Cc1ccc(C#N)c(F)c1. The highest BCUT2D eigenvalue weighted by Crippen LogP contribution is 2.30. The van der Waals surface area contributed by atoms with Gasteiger partial charge in [0.15, 0.2) is 0 Å². The van der Waals surface area contributed by atoms with Crippen LogP contribution in [0.2, 0.25) is 0 Å². The summed E-state index contributed by atoms with van der Waals surface area (Å²) in [5.74, 6) is -1.60. The lowest BCUT2D eigenvalue weighted by molar-refractivity contribution is -0.219. The van der Waals surface area contributed by atoms with Crippen molar-refractivity contribution in [2.24, 2.45) is 5.41 Å². The minimum absolute atomic E-state index is 0.132. The normalized spacial score (nSPS) is 11.7. The zero-order valence-corrected chi connectivity index (χ0v) is 15.1. The van der Waals surface area contributed by atoms with Gasteiger partial charge in [-0.1, -0.05) is 26.8 Å². The van der Waals surface area contributed by atoms with Gasteiger partial charge in [0, 0.05) is 0 Å². The Bertz CT molecular complexity index is 702. The van der Waals surface area contributed by atoms with Crippen LogP contribution in [0.25, 0.3) is 0 Å². The summed E-state index contributed by atoms with van der Waals surface area (Å²) in [6.45, 7) is 9.32. The molecule has 0 aromatic heterocycles. The van der Waals surface area contributed by atoms with Gasteiger partial charge in [0.25, 0.3) is 5.91 Å². The van der Waals surface area contributed by atoms with Gasteiger partial charge in [0.2, 0.25) is 0 Å². The molecule has 0 heterocycles. The molecule has 0 aliphatic rings. The number of halogens is 1. The number of imide groups is 1. The molecule has 1 rings (SSSR count). The molecule has 2 amide bonds. The third-order valence-corrected chi connectivity index (χ3v) is 3.20. The number of rotatable bonds is 5. The van der Waals surface area contributed by atoms with Crippen molar-refractivity contribution >= 4 is 12.0 Å². The van der Waals surface area contributed by atoms with Crippen molar-refractivity contribution < 1.29 is 23.9 Å². The standard InChI is InChI=1S/C18H23FN2O4/c1-17(2,3)11-18(4,5)25-21(16(23)24)15(22)9-12-6-7-13(10-20)14(19)8-12/h6-8H,9,11H2,1-5H3,(H,23,24). The summed E-state index contributed by atoms with van der Waals surface area (Å²) in [6, 6.07) is 5.36. The first-order valence-electron chi connectivity index (χ1n) is 7.78. The predicted molar refractivity (Wildman–Crippen MR) is 88.9 cm³/mol. The molecule has 1 aromatic carbocycles. The summed E-state index contributed by atoms with van der Waals surface area (Å²) in [7, 11) is 0. The van der Waals surface area contributed by atoms with Crippen molar-refractivity contribution in [2.75, 3.05) is 0 Å². The molecule has 0 unspecified atom stereocenters. The average molecular weight is 350 g/mol. The fourth-order valence-corrected chi connectivity index (χ4v) is 2.76. The van der Waals surface area contributed by atoms with Gasteiger partial charge >= 0.3 is 6.09 Å². The fourth-order valence-electron chi connectivity index (χ4n) is 2.76. The van der Waals surface area contributed by atoms with E-state index in [4.69, 9.17) is 10.1 Å². The van der Waals surface area contributed by atoms with Crippen LogP contribution in [0.3, 0.4) is 0 Å². The van der Waals surface area contributed by atoms with E-state index in [2.05, 4.69) is 0 Å². The molecule has 0 radical (unpaired) electrons. The predicted octanol–water partition coefficient (Wildman–Crippen LogP) is 3.89. The van der Waals surface area contributed by atoms with E-state index < -0.39 is 23.4 Å². The molecule has 6 nitrogen and oxygen atoms in total. The maximum atomic E-state index is 13.6. The summed E-state index contributed by atoms with van der Waals surface area (Å²) in [5, 5.41) is 18.3. The molecular weight excluding hydrogens is 327 g/mol. The second-order valence-corrected chi connectivity index (χ2v) is 7.66. The Hall–Kier alpha value is -2.46. The zero-order valence-electron chi connectivity index (χ0n) is 15.1. The highest BCUT2D eigenvalue weighted by Gasteiger charge is 2.33. The summed E-state index contributed by atoms with van der Waals surface area (Å²) in [5.41, 5.74) is -0.909. The first-order valence-corrected chi connectivity index (χ1v) is 7.78. The van der Waals surface area contributed by atoms with E-state index in [1.807, 2.05) is 20.8 Å². The Balaban J connectivity index is 2.92. The maximum absolute atomic E-state index is 13.6. The van der Waals surface area contributed by atoms with Crippen LogP contribution >= 0.6 is 0 Å². The number of benzene rings is 1. The van der Waals surface area contributed by atoms with Gasteiger partial charge in [-0.3, -0.25) is 9.63 Å². The largest absolute Gasteiger partial charge is 0.463 e. The maximum Gasteiger partial charge on any atom is 0.439 e. The Labute approximate surface area is 146 Å². The summed E-state index contributed by atoms with van der Waals surface area (Å²) in [6.07, 6.45) is -1.38. The molecule has 0 aliphatic heterocycles. The van der Waals surface area contributed by atoms with E-state index in [0.717, 1.165) is 6.07 Å². The Kier molecular flexibility index (Phi) is 6.27. The summed E-state index contributed by atoms with van der Waals surface area (Å²) < 4.78 is 13.6. The van der Waals surface area contributed by atoms with Crippen molar-refractivity contribution in [1.29, 1.82) is 5.26 Å². The monoisotopic (exact) mass is 350 g/mol. The van der Waals surface area contributed by atoms with Gasteiger partial charge in [-0.15, -0.1) is 5.06 Å². The van der Waals surface area contributed by atoms with Crippen LogP contribution in [0.15, 0.2) is 18.2 Å². The molecule has 136 valence electrons. The average Bonchev–Trinajstić information content (AvgIpc) is 2.42. The third kappa shape index (κ3) is 6.51. The van der Waals surface area contributed by atoms with Crippen molar-refractivity contribution in [3.63, 3.8) is 0 Å². The van der Waals surface area contributed by atoms with Crippen LogP contribution in [-0.2, 0) is 16.1 Å². The van der Waals surface area contributed by atoms with Crippen LogP contribution in [0.4, 0.5) is 9.18 Å². The number of carbonyl (C=O) groups is 2. The highest BCUT2D eigenvalue weighted by atomic mass is 19.1. The Morgan fingerprint density at radius 3 is 2.32 bits per heavy atom. The lowest BCUT2D eigenvalue weighted by atomic mass is 9.84. The van der Waals surface area contributed by atoms with Crippen molar-refractivity contribution in [3.05, 3.63) is 35.1 Å². The minimum Gasteiger partial charge on any atom is -0.463 e. The van der Waals surface area contributed by atoms with Gasteiger partial charge in [-0.05, 0) is 43.4 Å². The first kappa shape index (κ1) is 20.6. The second-order valence-electron chi connectivity index (χ2n) is 7.66.